The fourth-order valence-corrected chi connectivity index (χ4v) is 4.52. The van der Waals surface area contributed by atoms with Crippen molar-refractivity contribution < 1.29 is 4.79 Å². The van der Waals surface area contributed by atoms with Gasteiger partial charge in [-0.2, -0.15) is 0 Å². The SMILES string of the molecule is CCc1nnc(SCc2ccccc2)n1NC(=S)NC(=O)c1cccc2c(Cl)cccc12. The molecule has 1 heterocycles. The fourth-order valence-electron chi connectivity index (χ4n) is 3.23. The Labute approximate surface area is 200 Å². The van der Waals surface area contributed by atoms with Crippen molar-refractivity contribution in [3.8, 4) is 0 Å². The molecule has 9 heteroatoms. The van der Waals surface area contributed by atoms with Crippen molar-refractivity contribution >= 4 is 57.4 Å². The monoisotopic (exact) mass is 481 g/mol. The lowest BCUT2D eigenvalue weighted by Crippen LogP contribution is -2.38. The summed E-state index contributed by atoms with van der Waals surface area (Å²) in [6, 6.07) is 21.0. The third kappa shape index (κ3) is 4.93. The van der Waals surface area contributed by atoms with E-state index < -0.39 is 0 Å². The van der Waals surface area contributed by atoms with Crippen molar-refractivity contribution in [3.05, 3.63) is 88.7 Å². The molecule has 0 spiro atoms. The molecule has 0 fully saturated rings. The molecule has 2 N–H and O–H groups in total. The number of benzene rings is 3. The highest BCUT2D eigenvalue weighted by Crippen LogP contribution is 2.26. The summed E-state index contributed by atoms with van der Waals surface area (Å²) < 4.78 is 1.72. The zero-order valence-corrected chi connectivity index (χ0v) is 19.6. The Kier molecular flexibility index (Phi) is 7.04. The second-order valence-electron chi connectivity index (χ2n) is 6.90. The van der Waals surface area contributed by atoms with Crippen LogP contribution in [-0.2, 0) is 12.2 Å². The van der Waals surface area contributed by atoms with E-state index in [1.54, 1.807) is 22.9 Å². The highest BCUT2D eigenvalue weighted by molar-refractivity contribution is 7.98. The number of aryl methyl sites for hydroxylation is 1. The van der Waals surface area contributed by atoms with Crippen LogP contribution in [0.2, 0.25) is 5.02 Å². The van der Waals surface area contributed by atoms with E-state index >= 15 is 0 Å². The summed E-state index contributed by atoms with van der Waals surface area (Å²) in [4.78, 5) is 12.9. The van der Waals surface area contributed by atoms with Gasteiger partial charge < -0.3 is 0 Å². The molecule has 0 aliphatic rings. The van der Waals surface area contributed by atoms with Gasteiger partial charge in [-0.25, -0.2) is 4.68 Å². The first-order chi connectivity index (χ1) is 15.6. The normalized spacial score (nSPS) is 10.8. The summed E-state index contributed by atoms with van der Waals surface area (Å²) in [5.41, 5.74) is 4.72. The largest absolute Gasteiger partial charge is 0.298 e. The first-order valence-electron chi connectivity index (χ1n) is 9.97. The van der Waals surface area contributed by atoms with Crippen LogP contribution in [0.1, 0.15) is 28.7 Å². The van der Waals surface area contributed by atoms with Gasteiger partial charge in [0, 0.05) is 28.1 Å². The maximum absolute atomic E-state index is 12.9. The second-order valence-corrected chi connectivity index (χ2v) is 8.66. The molecule has 0 atom stereocenters. The molecule has 32 heavy (non-hydrogen) atoms. The Bertz CT molecular complexity index is 1280. The molecule has 0 saturated carbocycles. The number of nitrogens with zero attached hydrogens (tertiary/aromatic N) is 3. The molecule has 1 amide bonds. The number of carbonyl (C=O) groups excluding carboxylic acids is 1. The summed E-state index contributed by atoms with van der Waals surface area (Å²) in [5.74, 6) is 1.13. The lowest BCUT2D eigenvalue weighted by Gasteiger charge is -2.14. The van der Waals surface area contributed by atoms with E-state index in [0.29, 0.717) is 28.0 Å². The number of halogens is 1. The van der Waals surface area contributed by atoms with E-state index in [-0.39, 0.29) is 11.0 Å². The van der Waals surface area contributed by atoms with Crippen molar-refractivity contribution in [3.63, 3.8) is 0 Å². The number of nitrogens with one attached hydrogen (secondary N) is 2. The van der Waals surface area contributed by atoms with Crippen LogP contribution in [0.4, 0.5) is 0 Å². The maximum Gasteiger partial charge on any atom is 0.258 e. The Morgan fingerprint density at radius 2 is 1.78 bits per heavy atom. The average molecular weight is 482 g/mol. The van der Waals surface area contributed by atoms with Gasteiger partial charge in [0.05, 0.1) is 0 Å². The van der Waals surface area contributed by atoms with Gasteiger partial charge >= 0.3 is 0 Å². The third-order valence-corrected chi connectivity index (χ3v) is 6.30. The van der Waals surface area contributed by atoms with Gasteiger partial charge in [0.25, 0.3) is 5.91 Å². The van der Waals surface area contributed by atoms with Gasteiger partial charge in [-0.1, -0.05) is 84.9 Å². The molecule has 4 aromatic rings. The van der Waals surface area contributed by atoms with Crippen molar-refractivity contribution in [2.24, 2.45) is 0 Å². The van der Waals surface area contributed by atoms with Crippen molar-refractivity contribution in [1.82, 2.24) is 20.2 Å². The first kappa shape index (κ1) is 22.3. The molecule has 0 bridgehead atoms. The van der Waals surface area contributed by atoms with E-state index in [1.165, 1.54) is 17.3 Å². The topological polar surface area (TPSA) is 71.8 Å². The minimum atomic E-state index is -0.319. The lowest BCUT2D eigenvalue weighted by molar-refractivity contribution is 0.0979. The zero-order chi connectivity index (χ0) is 22.5. The van der Waals surface area contributed by atoms with Crippen LogP contribution >= 0.6 is 35.6 Å². The van der Waals surface area contributed by atoms with Gasteiger partial charge in [0.15, 0.2) is 10.9 Å². The van der Waals surface area contributed by atoms with Crippen LogP contribution in [0.15, 0.2) is 71.9 Å². The minimum absolute atomic E-state index is 0.157. The molecule has 4 rings (SSSR count). The van der Waals surface area contributed by atoms with Crippen molar-refractivity contribution in [1.29, 1.82) is 0 Å². The number of fused-ring (bicyclic) bond motifs is 1. The Hall–Kier alpha value is -2.94. The van der Waals surface area contributed by atoms with E-state index in [0.717, 1.165) is 16.5 Å². The predicted molar refractivity (Wildman–Crippen MR) is 134 cm³/mol. The van der Waals surface area contributed by atoms with Crippen LogP contribution in [-0.4, -0.2) is 25.9 Å². The number of rotatable bonds is 6. The number of amides is 1. The second kappa shape index (κ2) is 10.1. The average Bonchev–Trinajstić information content (AvgIpc) is 3.19. The number of thiocarbonyl (C=S) groups is 1. The smallest absolute Gasteiger partial charge is 0.258 e. The molecule has 0 unspecified atom stereocenters. The number of thioether (sulfide) groups is 1. The molecule has 0 saturated heterocycles. The minimum Gasteiger partial charge on any atom is -0.298 e. The molecule has 162 valence electrons. The zero-order valence-electron chi connectivity index (χ0n) is 17.2. The molecular formula is C23H20ClN5OS2. The maximum atomic E-state index is 12.9. The van der Waals surface area contributed by atoms with Gasteiger partial charge in [0.1, 0.15) is 0 Å². The highest BCUT2D eigenvalue weighted by atomic mass is 35.5. The molecule has 0 radical (unpaired) electrons. The summed E-state index contributed by atoms with van der Waals surface area (Å²) in [6.07, 6.45) is 0.657. The number of carbonyl (C=O) groups is 1. The summed E-state index contributed by atoms with van der Waals surface area (Å²) in [5, 5.41) is 14.2. The first-order valence-corrected chi connectivity index (χ1v) is 11.7. The van der Waals surface area contributed by atoms with E-state index in [1.807, 2.05) is 43.3 Å². The van der Waals surface area contributed by atoms with Crippen molar-refractivity contribution in [2.45, 2.75) is 24.3 Å². The Balaban J connectivity index is 1.49. The summed E-state index contributed by atoms with van der Waals surface area (Å²) in [6.45, 7) is 1.98. The van der Waals surface area contributed by atoms with Crippen molar-refractivity contribution in [2.75, 3.05) is 5.43 Å². The molecule has 1 aromatic heterocycles. The van der Waals surface area contributed by atoms with Crippen LogP contribution in [0.3, 0.4) is 0 Å². The Morgan fingerprint density at radius 1 is 1.03 bits per heavy atom. The summed E-state index contributed by atoms with van der Waals surface area (Å²) >= 11 is 13.2. The van der Waals surface area contributed by atoms with Gasteiger partial charge in [-0.3, -0.25) is 15.5 Å². The summed E-state index contributed by atoms with van der Waals surface area (Å²) in [7, 11) is 0. The third-order valence-electron chi connectivity index (χ3n) is 4.78. The standard InChI is InChI=1S/C23H20ClN5OS2/c1-2-20-26-27-23(32-14-15-8-4-3-5-9-15)29(20)28-22(31)25-21(30)18-12-6-11-17-16(18)10-7-13-19(17)24/h3-13H,2,14H2,1H3,(H2,25,28,30,31). The van der Waals surface area contributed by atoms with Gasteiger partial charge in [-0.05, 0) is 35.3 Å². The van der Waals surface area contributed by atoms with Crippen LogP contribution in [0.5, 0.6) is 0 Å². The number of hydrogen-bond donors (Lipinski definition) is 2. The van der Waals surface area contributed by atoms with Crippen LogP contribution in [0, 0.1) is 0 Å². The quantitative estimate of drug-likeness (QED) is 0.291. The highest BCUT2D eigenvalue weighted by Gasteiger charge is 2.16. The predicted octanol–water partition coefficient (Wildman–Crippen LogP) is 5.20. The number of aromatic nitrogens is 3. The van der Waals surface area contributed by atoms with Gasteiger partial charge in [0.2, 0.25) is 5.16 Å². The van der Waals surface area contributed by atoms with E-state index in [4.69, 9.17) is 23.8 Å². The molecular weight excluding hydrogens is 462 g/mol. The lowest BCUT2D eigenvalue weighted by atomic mass is 10.0. The van der Waals surface area contributed by atoms with Crippen LogP contribution < -0.4 is 10.7 Å². The Morgan fingerprint density at radius 3 is 2.56 bits per heavy atom. The number of hydrogen-bond acceptors (Lipinski definition) is 5. The van der Waals surface area contributed by atoms with E-state index in [9.17, 15) is 4.79 Å². The fraction of sp³-hybridized carbons (Fsp3) is 0.130. The van der Waals surface area contributed by atoms with E-state index in [2.05, 4.69) is 33.1 Å². The molecule has 0 aliphatic carbocycles. The molecule has 6 nitrogen and oxygen atoms in total. The van der Waals surface area contributed by atoms with Gasteiger partial charge in [-0.15, -0.1) is 10.2 Å². The molecule has 0 aliphatic heterocycles. The molecule has 3 aromatic carbocycles. The van der Waals surface area contributed by atoms with Crippen LogP contribution in [0.25, 0.3) is 10.8 Å².